The van der Waals surface area contributed by atoms with Gasteiger partial charge in [0, 0.05) is 6.07 Å². The van der Waals surface area contributed by atoms with Gasteiger partial charge in [0.25, 0.3) is 5.91 Å². The third-order valence-corrected chi connectivity index (χ3v) is 2.83. The molecule has 1 amide bonds. The van der Waals surface area contributed by atoms with E-state index in [-0.39, 0.29) is 24.8 Å². The fourth-order valence-electron chi connectivity index (χ4n) is 1.88. The van der Waals surface area contributed by atoms with Gasteiger partial charge in [-0.15, -0.1) is 0 Å². The first-order valence-electron chi connectivity index (χ1n) is 5.88. The van der Waals surface area contributed by atoms with Crippen molar-refractivity contribution >= 4 is 5.91 Å². The number of β-amino-alcohol motifs (C(OH)–C–C–N with tert-alkyl or cyclic N) is 1. The molecular formula is C12H13N3O4. The third kappa shape index (κ3) is 2.25. The molecule has 0 bridgehead atoms. The normalized spacial score (nSPS) is 19.1. The third-order valence-electron chi connectivity index (χ3n) is 2.83. The number of aryl methyl sites for hydroxylation is 1. The van der Waals surface area contributed by atoms with Crippen molar-refractivity contribution in [1.82, 2.24) is 15.3 Å². The molecule has 100 valence electrons. The topological polar surface area (TPSA) is 91.6 Å². The van der Waals surface area contributed by atoms with Crippen LogP contribution < -0.4 is 0 Å². The molecule has 1 aliphatic rings. The molecule has 2 N–H and O–H groups in total. The number of aromatic nitrogens is 2. The van der Waals surface area contributed by atoms with E-state index in [1.807, 2.05) is 13.0 Å². The van der Waals surface area contributed by atoms with Gasteiger partial charge in [0.2, 0.25) is 0 Å². The standard InChI is InChI=1S/C12H13N3O4/c1-7-2-3-11(19-7)9-4-10(14-13-9)12(17)15-5-8(16)6-18-15/h2-4,8,16H,5-6H2,1H3,(H,13,14)/t8-/m1/s1. The van der Waals surface area contributed by atoms with Crippen LogP contribution in [0, 0.1) is 6.92 Å². The zero-order valence-electron chi connectivity index (χ0n) is 10.3. The number of H-pyrrole nitrogens is 1. The van der Waals surface area contributed by atoms with Crippen LogP contribution >= 0.6 is 0 Å². The number of amides is 1. The molecule has 1 aliphatic heterocycles. The van der Waals surface area contributed by atoms with Crippen LogP contribution in [0.5, 0.6) is 0 Å². The highest BCUT2D eigenvalue weighted by atomic mass is 16.7. The number of hydroxylamine groups is 2. The van der Waals surface area contributed by atoms with E-state index < -0.39 is 6.10 Å². The van der Waals surface area contributed by atoms with E-state index in [4.69, 9.17) is 9.25 Å². The number of furan rings is 1. The second kappa shape index (κ2) is 4.52. The van der Waals surface area contributed by atoms with E-state index in [0.717, 1.165) is 10.8 Å². The predicted octanol–water partition coefficient (Wildman–Crippen LogP) is 0.726. The van der Waals surface area contributed by atoms with Crippen LogP contribution in [0.15, 0.2) is 22.6 Å². The summed E-state index contributed by atoms with van der Waals surface area (Å²) in [5.41, 5.74) is 0.842. The van der Waals surface area contributed by atoms with Crippen molar-refractivity contribution in [2.75, 3.05) is 13.2 Å². The lowest BCUT2D eigenvalue weighted by atomic mass is 10.3. The van der Waals surface area contributed by atoms with Gasteiger partial charge in [-0.05, 0) is 19.1 Å². The van der Waals surface area contributed by atoms with Crippen LogP contribution in [0.1, 0.15) is 16.2 Å². The quantitative estimate of drug-likeness (QED) is 0.833. The predicted molar refractivity (Wildman–Crippen MR) is 64.0 cm³/mol. The van der Waals surface area contributed by atoms with Crippen molar-refractivity contribution in [3.8, 4) is 11.5 Å². The number of nitrogens with zero attached hydrogens (tertiary/aromatic N) is 2. The Balaban J connectivity index is 1.79. The number of hydrogen-bond donors (Lipinski definition) is 2. The minimum Gasteiger partial charge on any atom is -0.460 e. The molecule has 0 radical (unpaired) electrons. The molecule has 1 atom stereocenters. The van der Waals surface area contributed by atoms with Crippen molar-refractivity contribution in [1.29, 1.82) is 0 Å². The van der Waals surface area contributed by atoms with E-state index in [2.05, 4.69) is 10.2 Å². The maximum atomic E-state index is 12.0. The summed E-state index contributed by atoms with van der Waals surface area (Å²) in [6.07, 6.45) is -0.643. The smallest absolute Gasteiger partial charge is 0.298 e. The number of aromatic amines is 1. The molecule has 1 fully saturated rings. The fraction of sp³-hybridized carbons (Fsp3) is 0.333. The number of aliphatic hydroxyl groups excluding tert-OH is 1. The molecule has 7 nitrogen and oxygen atoms in total. The molecule has 3 heterocycles. The second-order valence-electron chi connectivity index (χ2n) is 4.39. The van der Waals surface area contributed by atoms with Gasteiger partial charge in [0.15, 0.2) is 11.5 Å². The summed E-state index contributed by atoms with van der Waals surface area (Å²) in [7, 11) is 0. The second-order valence-corrected chi connectivity index (χ2v) is 4.39. The molecule has 3 rings (SSSR count). The summed E-state index contributed by atoms with van der Waals surface area (Å²) < 4.78 is 5.44. The molecular weight excluding hydrogens is 250 g/mol. The Labute approximate surface area is 108 Å². The zero-order valence-corrected chi connectivity index (χ0v) is 10.3. The molecule has 2 aromatic heterocycles. The van der Waals surface area contributed by atoms with Gasteiger partial charge in [-0.2, -0.15) is 5.10 Å². The highest BCUT2D eigenvalue weighted by Crippen LogP contribution is 2.21. The maximum absolute atomic E-state index is 12.0. The van der Waals surface area contributed by atoms with Gasteiger partial charge in [0.05, 0.1) is 6.54 Å². The minimum absolute atomic E-state index is 0.125. The van der Waals surface area contributed by atoms with E-state index in [9.17, 15) is 9.90 Å². The van der Waals surface area contributed by atoms with Crippen LogP contribution in [0.2, 0.25) is 0 Å². The summed E-state index contributed by atoms with van der Waals surface area (Å²) in [5, 5.41) is 17.1. The zero-order chi connectivity index (χ0) is 13.4. The van der Waals surface area contributed by atoms with Crippen LogP contribution in [0.3, 0.4) is 0 Å². The molecule has 19 heavy (non-hydrogen) atoms. The van der Waals surface area contributed by atoms with E-state index >= 15 is 0 Å². The number of aliphatic hydroxyl groups is 1. The molecule has 0 unspecified atom stereocenters. The minimum atomic E-state index is -0.643. The summed E-state index contributed by atoms with van der Waals surface area (Å²) in [6, 6.07) is 5.22. The Hall–Kier alpha value is -2.12. The average molecular weight is 263 g/mol. The fourth-order valence-corrected chi connectivity index (χ4v) is 1.88. The SMILES string of the molecule is Cc1ccc(-c2cc(C(=O)N3C[C@@H](O)CO3)n[nH]2)o1. The Morgan fingerprint density at radius 1 is 1.58 bits per heavy atom. The number of rotatable bonds is 2. The van der Waals surface area contributed by atoms with Crippen LogP contribution in [-0.4, -0.2) is 45.5 Å². The van der Waals surface area contributed by atoms with Gasteiger partial charge in [-0.25, -0.2) is 5.06 Å². The Morgan fingerprint density at radius 2 is 2.42 bits per heavy atom. The van der Waals surface area contributed by atoms with Gasteiger partial charge in [0.1, 0.15) is 24.2 Å². The van der Waals surface area contributed by atoms with E-state index in [0.29, 0.717) is 11.5 Å². The molecule has 2 aromatic rings. The lowest BCUT2D eigenvalue weighted by Crippen LogP contribution is -2.28. The van der Waals surface area contributed by atoms with Crippen molar-refractivity contribution in [3.05, 3.63) is 29.7 Å². The maximum Gasteiger partial charge on any atom is 0.298 e. The highest BCUT2D eigenvalue weighted by Gasteiger charge is 2.28. The van der Waals surface area contributed by atoms with Gasteiger partial charge in [-0.1, -0.05) is 0 Å². The summed E-state index contributed by atoms with van der Waals surface area (Å²) >= 11 is 0. The number of carbonyl (C=O) groups is 1. The average Bonchev–Trinajstić information content (AvgIpc) is 3.07. The molecule has 0 aliphatic carbocycles. The van der Waals surface area contributed by atoms with Gasteiger partial charge >= 0.3 is 0 Å². The Kier molecular flexibility index (Phi) is 2.84. The summed E-state index contributed by atoms with van der Waals surface area (Å²) in [4.78, 5) is 17.1. The first kappa shape index (κ1) is 11.9. The lowest BCUT2D eigenvalue weighted by molar-refractivity contribution is -0.0783. The van der Waals surface area contributed by atoms with Gasteiger partial charge < -0.3 is 9.52 Å². The molecule has 7 heteroatoms. The Morgan fingerprint density at radius 3 is 3.05 bits per heavy atom. The van der Waals surface area contributed by atoms with Gasteiger partial charge in [-0.3, -0.25) is 14.7 Å². The number of hydrogen-bond acceptors (Lipinski definition) is 5. The first-order chi connectivity index (χ1) is 9.13. The van der Waals surface area contributed by atoms with Crippen molar-refractivity contribution in [3.63, 3.8) is 0 Å². The summed E-state index contributed by atoms with van der Waals surface area (Å²) in [5.74, 6) is 1.01. The lowest BCUT2D eigenvalue weighted by Gasteiger charge is -2.11. The van der Waals surface area contributed by atoms with Crippen LogP contribution in [0.4, 0.5) is 0 Å². The van der Waals surface area contributed by atoms with Crippen molar-refractivity contribution in [2.45, 2.75) is 13.0 Å². The van der Waals surface area contributed by atoms with E-state index in [1.165, 1.54) is 0 Å². The highest BCUT2D eigenvalue weighted by molar-refractivity contribution is 5.92. The van der Waals surface area contributed by atoms with Crippen LogP contribution in [0.25, 0.3) is 11.5 Å². The molecule has 0 aromatic carbocycles. The molecule has 1 saturated heterocycles. The number of nitrogens with one attached hydrogen (secondary N) is 1. The Bertz CT molecular complexity index is 604. The molecule has 0 spiro atoms. The number of carbonyl (C=O) groups excluding carboxylic acids is 1. The first-order valence-corrected chi connectivity index (χ1v) is 5.88. The van der Waals surface area contributed by atoms with Crippen LogP contribution in [-0.2, 0) is 4.84 Å². The largest absolute Gasteiger partial charge is 0.460 e. The van der Waals surface area contributed by atoms with E-state index in [1.54, 1.807) is 12.1 Å². The monoisotopic (exact) mass is 263 g/mol. The summed E-state index contributed by atoms with van der Waals surface area (Å²) in [6.45, 7) is 2.12. The van der Waals surface area contributed by atoms with Crippen molar-refractivity contribution in [2.24, 2.45) is 0 Å². The van der Waals surface area contributed by atoms with Crippen molar-refractivity contribution < 1.29 is 19.2 Å². The molecule has 0 saturated carbocycles.